The lowest BCUT2D eigenvalue weighted by Crippen LogP contribution is -2.37. The van der Waals surface area contributed by atoms with Gasteiger partial charge in [0, 0.05) is 30.8 Å². The van der Waals surface area contributed by atoms with Crippen LogP contribution in [0.3, 0.4) is 0 Å². The molecule has 25 heavy (non-hydrogen) atoms. The summed E-state index contributed by atoms with van der Waals surface area (Å²) in [5.41, 5.74) is 2.31. The van der Waals surface area contributed by atoms with Crippen LogP contribution in [0.1, 0.15) is 30.0 Å². The highest BCUT2D eigenvalue weighted by atomic mass is 35.5. The number of ether oxygens (including phenoxy) is 1. The number of likely N-dealkylation sites (tertiary alicyclic amines) is 1. The molecule has 0 radical (unpaired) electrons. The normalized spacial score (nSPS) is 21.3. The molecule has 0 spiro atoms. The van der Waals surface area contributed by atoms with Gasteiger partial charge in [0.15, 0.2) is 0 Å². The van der Waals surface area contributed by atoms with Crippen LogP contribution in [0.15, 0.2) is 42.5 Å². The van der Waals surface area contributed by atoms with Crippen LogP contribution < -0.4 is 4.74 Å². The lowest BCUT2D eigenvalue weighted by Gasteiger charge is -2.39. The third-order valence-corrected chi connectivity index (χ3v) is 5.68. The fourth-order valence-corrected chi connectivity index (χ4v) is 3.91. The second kappa shape index (κ2) is 8.41. The predicted molar refractivity (Wildman–Crippen MR) is 102 cm³/mol. The van der Waals surface area contributed by atoms with E-state index in [-0.39, 0.29) is 12.6 Å². The van der Waals surface area contributed by atoms with Crippen LogP contribution in [-0.2, 0) is 6.54 Å². The van der Waals surface area contributed by atoms with Crippen LogP contribution in [0, 0.1) is 5.92 Å². The highest BCUT2D eigenvalue weighted by Gasteiger charge is 2.30. The first kappa shape index (κ1) is 18.5. The van der Waals surface area contributed by atoms with Crippen LogP contribution in [-0.4, -0.2) is 30.3 Å². The number of rotatable bonds is 5. The number of halogens is 2. The van der Waals surface area contributed by atoms with Crippen LogP contribution in [0.2, 0.25) is 10.0 Å². The Balaban J connectivity index is 1.88. The van der Waals surface area contributed by atoms with Gasteiger partial charge in [-0.05, 0) is 36.9 Å². The van der Waals surface area contributed by atoms with Gasteiger partial charge in [-0.3, -0.25) is 4.90 Å². The quantitative estimate of drug-likeness (QED) is 0.797. The number of hydrogen-bond acceptors (Lipinski definition) is 3. The Morgan fingerprint density at radius 2 is 1.88 bits per heavy atom. The molecule has 1 heterocycles. The highest BCUT2D eigenvalue weighted by Crippen LogP contribution is 2.37. The van der Waals surface area contributed by atoms with Crippen molar-refractivity contribution in [2.24, 2.45) is 5.92 Å². The molecule has 0 amide bonds. The molecule has 1 aliphatic heterocycles. The molecular formula is C20H23Cl2NO2. The number of aliphatic hydroxyl groups excluding tert-OH is 1. The van der Waals surface area contributed by atoms with Crippen molar-refractivity contribution in [2.75, 3.05) is 20.3 Å². The first-order chi connectivity index (χ1) is 12.1. The standard InChI is InChI=1S/C20H23Cl2NO2/c1-25-20-11-18(22)17(21)10-16(20)12-23-8-7-14(13-24)9-19(23)15-5-3-2-4-6-15/h2-6,10-11,14,19,24H,7-9,12-13H2,1H3/t14-,19+/m1/s1. The maximum absolute atomic E-state index is 9.61. The molecule has 1 saturated heterocycles. The number of piperidine rings is 1. The number of nitrogens with zero attached hydrogens (tertiary/aromatic N) is 1. The minimum absolute atomic E-state index is 0.243. The first-order valence-corrected chi connectivity index (χ1v) is 9.29. The summed E-state index contributed by atoms with van der Waals surface area (Å²) in [6, 6.07) is 14.4. The molecule has 2 aromatic carbocycles. The van der Waals surface area contributed by atoms with E-state index < -0.39 is 0 Å². The average molecular weight is 380 g/mol. The number of hydrogen-bond donors (Lipinski definition) is 1. The molecule has 3 rings (SSSR count). The van der Waals surface area contributed by atoms with Gasteiger partial charge in [0.2, 0.25) is 0 Å². The molecule has 0 unspecified atom stereocenters. The third-order valence-electron chi connectivity index (χ3n) is 4.96. The van der Waals surface area contributed by atoms with Gasteiger partial charge >= 0.3 is 0 Å². The SMILES string of the molecule is COc1cc(Cl)c(Cl)cc1CN1CC[C@@H](CO)C[C@H]1c1ccccc1. The van der Waals surface area contributed by atoms with Gasteiger partial charge < -0.3 is 9.84 Å². The lowest BCUT2D eigenvalue weighted by atomic mass is 9.87. The van der Waals surface area contributed by atoms with E-state index in [1.165, 1.54) is 5.56 Å². The molecule has 3 nitrogen and oxygen atoms in total. The summed E-state index contributed by atoms with van der Waals surface area (Å²) in [6.07, 6.45) is 1.94. The Morgan fingerprint density at radius 1 is 1.16 bits per heavy atom. The smallest absolute Gasteiger partial charge is 0.124 e. The van der Waals surface area contributed by atoms with Gasteiger partial charge in [0.1, 0.15) is 5.75 Å². The zero-order chi connectivity index (χ0) is 17.8. The Hall–Kier alpha value is -1.26. The maximum atomic E-state index is 9.61. The van der Waals surface area contributed by atoms with E-state index in [1.807, 2.05) is 12.1 Å². The molecule has 5 heteroatoms. The zero-order valence-electron chi connectivity index (χ0n) is 14.3. The molecule has 2 aromatic rings. The molecule has 0 saturated carbocycles. The molecule has 0 bridgehead atoms. The Morgan fingerprint density at radius 3 is 2.56 bits per heavy atom. The largest absolute Gasteiger partial charge is 0.496 e. The van der Waals surface area contributed by atoms with E-state index in [9.17, 15) is 5.11 Å². The van der Waals surface area contributed by atoms with Crippen LogP contribution in [0.25, 0.3) is 0 Å². The number of aliphatic hydroxyl groups is 1. The van der Waals surface area contributed by atoms with Gasteiger partial charge in [0.05, 0.1) is 17.2 Å². The van der Waals surface area contributed by atoms with E-state index in [1.54, 1.807) is 13.2 Å². The van der Waals surface area contributed by atoms with Crippen molar-refractivity contribution < 1.29 is 9.84 Å². The molecule has 2 atom stereocenters. The Labute approximate surface area is 159 Å². The van der Waals surface area contributed by atoms with Gasteiger partial charge in [0.25, 0.3) is 0 Å². The number of methoxy groups -OCH3 is 1. The van der Waals surface area contributed by atoms with Crippen molar-refractivity contribution >= 4 is 23.2 Å². The Kier molecular flexibility index (Phi) is 6.24. The molecular weight excluding hydrogens is 357 g/mol. The van der Waals surface area contributed by atoms with Crippen LogP contribution in [0.4, 0.5) is 0 Å². The summed E-state index contributed by atoms with van der Waals surface area (Å²) >= 11 is 12.3. The topological polar surface area (TPSA) is 32.7 Å². The highest BCUT2D eigenvalue weighted by molar-refractivity contribution is 6.42. The van der Waals surface area contributed by atoms with Crippen LogP contribution in [0.5, 0.6) is 5.75 Å². The lowest BCUT2D eigenvalue weighted by molar-refractivity contribution is 0.0742. The van der Waals surface area contributed by atoms with E-state index in [2.05, 4.69) is 29.2 Å². The number of benzene rings is 2. The summed E-state index contributed by atoms with van der Waals surface area (Å²) < 4.78 is 5.50. The minimum Gasteiger partial charge on any atom is -0.496 e. The van der Waals surface area contributed by atoms with Gasteiger partial charge in [-0.15, -0.1) is 0 Å². The van der Waals surface area contributed by atoms with Crippen molar-refractivity contribution in [1.82, 2.24) is 4.90 Å². The first-order valence-electron chi connectivity index (χ1n) is 8.54. The Bertz CT molecular complexity index is 708. The average Bonchev–Trinajstić information content (AvgIpc) is 2.65. The van der Waals surface area contributed by atoms with Gasteiger partial charge in [-0.2, -0.15) is 0 Å². The van der Waals surface area contributed by atoms with E-state index >= 15 is 0 Å². The summed E-state index contributed by atoms with van der Waals surface area (Å²) in [5.74, 6) is 1.10. The van der Waals surface area contributed by atoms with Crippen molar-refractivity contribution in [2.45, 2.75) is 25.4 Å². The fraction of sp³-hybridized carbons (Fsp3) is 0.400. The van der Waals surface area contributed by atoms with Crippen molar-refractivity contribution in [3.63, 3.8) is 0 Å². The van der Waals surface area contributed by atoms with E-state index in [0.717, 1.165) is 37.2 Å². The zero-order valence-corrected chi connectivity index (χ0v) is 15.8. The maximum Gasteiger partial charge on any atom is 0.124 e. The van der Waals surface area contributed by atoms with Crippen molar-refractivity contribution in [3.05, 3.63) is 63.6 Å². The fourth-order valence-electron chi connectivity index (χ4n) is 3.57. The molecule has 0 aromatic heterocycles. The van der Waals surface area contributed by atoms with Crippen LogP contribution >= 0.6 is 23.2 Å². The van der Waals surface area contributed by atoms with Gasteiger partial charge in [-0.1, -0.05) is 53.5 Å². The monoisotopic (exact) mass is 379 g/mol. The second-order valence-electron chi connectivity index (χ2n) is 6.55. The van der Waals surface area contributed by atoms with Crippen molar-refractivity contribution in [1.29, 1.82) is 0 Å². The molecule has 0 aliphatic carbocycles. The van der Waals surface area contributed by atoms with Gasteiger partial charge in [-0.25, -0.2) is 0 Å². The summed E-state index contributed by atoms with van der Waals surface area (Å²) in [6.45, 7) is 1.90. The van der Waals surface area contributed by atoms with E-state index in [4.69, 9.17) is 27.9 Å². The second-order valence-corrected chi connectivity index (χ2v) is 7.36. The summed E-state index contributed by atoms with van der Waals surface area (Å²) in [4.78, 5) is 2.43. The molecule has 134 valence electrons. The molecule has 1 fully saturated rings. The summed E-state index contributed by atoms with van der Waals surface area (Å²) in [7, 11) is 1.65. The third kappa shape index (κ3) is 4.29. The predicted octanol–water partition coefficient (Wildman–Crippen LogP) is 4.95. The summed E-state index contributed by atoms with van der Waals surface area (Å²) in [5, 5.41) is 10.7. The molecule has 1 N–H and O–H groups in total. The molecule has 1 aliphatic rings. The minimum atomic E-state index is 0.243. The van der Waals surface area contributed by atoms with Crippen molar-refractivity contribution in [3.8, 4) is 5.75 Å². The van der Waals surface area contributed by atoms with E-state index in [0.29, 0.717) is 16.0 Å².